The Balaban J connectivity index is 3.49. The Bertz CT molecular complexity index is 88.2. The molecule has 11 heavy (non-hydrogen) atoms. The van der Waals surface area contributed by atoms with E-state index in [0.717, 1.165) is 0 Å². The van der Waals surface area contributed by atoms with Crippen LogP contribution in [-0.2, 0) is 4.74 Å². The van der Waals surface area contributed by atoms with Crippen molar-refractivity contribution < 1.29 is 13.5 Å². The molecule has 0 saturated heterocycles. The van der Waals surface area contributed by atoms with Crippen LogP contribution in [0.5, 0.6) is 0 Å². The second kappa shape index (κ2) is 6.53. The average Bonchev–Trinajstić information content (AvgIpc) is 2.03. The lowest BCUT2D eigenvalue weighted by molar-refractivity contribution is 0.112. The predicted molar refractivity (Wildman–Crippen MR) is 41.1 cm³/mol. The molecule has 0 radical (unpaired) electrons. The monoisotopic (exact) mass is 166 g/mol. The van der Waals surface area contributed by atoms with Gasteiger partial charge in [-0.25, -0.2) is 4.39 Å². The van der Waals surface area contributed by atoms with Crippen LogP contribution in [0, 0.1) is 5.92 Å². The van der Waals surface area contributed by atoms with E-state index >= 15 is 0 Å². The molecule has 1 nitrogen and oxygen atoms in total. The predicted octanol–water partition coefficient (Wildman–Crippen LogP) is 2.36. The lowest BCUT2D eigenvalue weighted by Gasteiger charge is -2.13. The fourth-order valence-corrected chi connectivity index (χ4v) is 0.940. The molecule has 0 fully saturated rings. The maximum atomic E-state index is 12.7. The van der Waals surface area contributed by atoms with Gasteiger partial charge < -0.3 is 4.74 Å². The maximum absolute atomic E-state index is 12.7. The number of rotatable bonds is 6. The first kappa shape index (κ1) is 10.8. The van der Waals surface area contributed by atoms with Gasteiger partial charge in [-0.15, -0.1) is 0 Å². The molecular formula is C8H16F2O. The van der Waals surface area contributed by atoms with Crippen LogP contribution in [0.3, 0.4) is 0 Å². The van der Waals surface area contributed by atoms with E-state index in [-0.39, 0.29) is 12.3 Å². The summed E-state index contributed by atoms with van der Waals surface area (Å²) in [6.45, 7) is 1.58. The van der Waals surface area contributed by atoms with Crippen LogP contribution >= 0.6 is 0 Å². The van der Waals surface area contributed by atoms with Gasteiger partial charge in [-0.05, 0) is 12.8 Å². The van der Waals surface area contributed by atoms with Gasteiger partial charge >= 0.3 is 0 Å². The second-order valence-corrected chi connectivity index (χ2v) is 2.72. The summed E-state index contributed by atoms with van der Waals surface area (Å²) in [6.07, 6.45) is -0.146. The van der Waals surface area contributed by atoms with Crippen LogP contribution in [0.1, 0.15) is 19.8 Å². The van der Waals surface area contributed by atoms with Crippen molar-refractivity contribution in [1.29, 1.82) is 0 Å². The fourth-order valence-electron chi connectivity index (χ4n) is 0.940. The highest BCUT2D eigenvalue weighted by molar-refractivity contribution is 4.62. The molecule has 0 bridgehead atoms. The minimum Gasteiger partial charge on any atom is -0.384 e. The molecule has 0 rings (SSSR count). The summed E-state index contributed by atoms with van der Waals surface area (Å²) in [5.74, 6) is -0.269. The molecule has 0 heterocycles. The van der Waals surface area contributed by atoms with E-state index in [2.05, 4.69) is 0 Å². The Kier molecular flexibility index (Phi) is 6.42. The zero-order valence-electron chi connectivity index (χ0n) is 7.15. The summed E-state index contributed by atoms with van der Waals surface area (Å²) in [4.78, 5) is 0. The van der Waals surface area contributed by atoms with E-state index in [4.69, 9.17) is 4.74 Å². The van der Waals surface area contributed by atoms with Crippen molar-refractivity contribution in [3.8, 4) is 0 Å². The van der Waals surface area contributed by atoms with E-state index in [1.807, 2.05) is 0 Å². The number of hydrogen-bond donors (Lipinski definition) is 0. The van der Waals surface area contributed by atoms with Gasteiger partial charge in [-0.3, -0.25) is 4.39 Å². The Morgan fingerprint density at radius 3 is 2.45 bits per heavy atom. The topological polar surface area (TPSA) is 9.23 Å². The van der Waals surface area contributed by atoms with Gasteiger partial charge in [0.25, 0.3) is 0 Å². The lowest BCUT2D eigenvalue weighted by Crippen LogP contribution is -2.15. The molecule has 2 unspecified atom stereocenters. The molecule has 0 aliphatic carbocycles. The average molecular weight is 166 g/mol. The Labute approximate surface area is 66.7 Å². The molecule has 2 atom stereocenters. The zero-order chi connectivity index (χ0) is 8.69. The first-order valence-electron chi connectivity index (χ1n) is 3.93. The zero-order valence-corrected chi connectivity index (χ0v) is 7.15. The second-order valence-electron chi connectivity index (χ2n) is 2.72. The molecule has 3 heteroatoms. The van der Waals surface area contributed by atoms with Crippen LogP contribution in [0.2, 0.25) is 0 Å². The van der Waals surface area contributed by atoms with E-state index in [9.17, 15) is 8.78 Å². The van der Waals surface area contributed by atoms with Crippen molar-refractivity contribution >= 4 is 0 Å². The van der Waals surface area contributed by atoms with Crippen molar-refractivity contribution in [1.82, 2.24) is 0 Å². The number of alkyl halides is 2. The molecule has 68 valence electrons. The summed E-state index contributed by atoms with van der Waals surface area (Å²) in [7, 11) is 1.50. The molecule has 0 aliphatic rings. The Morgan fingerprint density at radius 2 is 2.09 bits per heavy atom. The summed E-state index contributed by atoms with van der Waals surface area (Å²) in [6, 6.07) is 0. The van der Waals surface area contributed by atoms with Gasteiger partial charge in [0.15, 0.2) is 0 Å². The summed E-state index contributed by atoms with van der Waals surface area (Å²) >= 11 is 0. The van der Waals surface area contributed by atoms with Crippen LogP contribution in [-0.4, -0.2) is 26.6 Å². The largest absolute Gasteiger partial charge is 0.384 e. The SMILES string of the molecule is CCC(F)CC(CF)COC. The van der Waals surface area contributed by atoms with Gasteiger partial charge in [0.1, 0.15) is 6.17 Å². The molecule has 0 aromatic carbocycles. The molecule has 0 saturated carbocycles. The van der Waals surface area contributed by atoms with Gasteiger partial charge in [0.2, 0.25) is 0 Å². The number of methoxy groups -OCH3 is 1. The van der Waals surface area contributed by atoms with Gasteiger partial charge in [0.05, 0.1) is 13.3 Å². The van der Waals surface area contributed by atoms with Gasteiger partial charge in [-0.1, -0.05) is 6.92 Å². The Hall–Kier alpha value is -0.180. The molecule has 0 N–H and O–H groups in total. The molecule has 0 aromatic rings. The fraction of sp³-hybridized carbons (Fsp3) is 1.00. The van der Waals surface area contributed by atoms with Crippen molar-refractivity contribution in [2.45, 2.75) is 25.9 Å². The standard InChI is InChI=1S/C8H16F2O/c1-3-8(10)4-7(5-9)6-11-2/h7-8H,3-6H2,1-2H3. The van der Waals surface area contributed by atoms with Crippen molar-refractivity contribution in [2.24, 2.45) is 5.92 Å². The normalized spacial score (nSPS) is 16.4. The smallest absolute Gasteiger partial charge is 0.100 e. The number of hydrogen-bond acceptors (Lipinski definition) is 1. The van der Waals surface area contributed by atoms with Crippen molar-refractivity contribution in [2.75, 3.05) is 20.4 Å². The minimum atomic E-state index is -0.883. The van der Waals surface area contributed by atoms with Crippen LogP contribution in [0.25, 0.3) is 0 Å². The van der Waals surface area contributed by atoms with Crippen LogP contribution in [0.15, 0.2) is 0 Å². The van der Waals surface area contributed by atoms with E-state index in [0.29, 0.717) is 13.0 Å². The molecule has 0 aromatic heterocycles. The van der Waals surface area contributed by atoms with E-state index in [1.165, 1.54) is 7.11 Å². The minimum absolute atomic E-state index is 0.269. The third-order valence-electron chi connectivity index (χ3n) is 1.65. The Morgan fingerprint density at radius 1 is 1.45 bits per heavy atom. The highest BCUT2D eigenvalue weighted by Gasteiger charge is 2.13. The highest BCUT2D eigenvalue weighted by Crippen LogP contribution is 2.13. The van der Waals surface area contributed by atoms with Crippen molar-refractivity contribution in [3.63, 3.8) is 0 Å². The summed E-state index contributed by atoms with van der Waals surface area (Å²) in [5.41, 5.74) is 0. The summed E-state index contributed by atoms with van der Waals surface area (Å²) in [5, 5.41) is 0. The molecule has 0 spiro atoms. The van der Waals surface area contributed by atoms with Gasteiger partial charge in [-0.2, -0.15) is 0 Å². The number of halogens is 2. The molecular weight excluding hydrogens is 150 g/mol. The first-order valence-corrected chi connectivity index (χ1v) is 3.93. The van der Waals surface area contributed by atoms with Crippen LogP contribution < -0.4 is 0 Å². The van der Waals surface area contributed by atoms with E-state index in [1.54, 1.807) is 6.92 Å². The first-order chi connectivity index (χ1) is 5.24. The maximum Gasteiger partial charge on any atom is 0.100 e. The van der Waals surface area contributed by atoms with E-state index < -0.39 is 12.8 Å². The third kappa shape index (κ3) is 5.13. The third-order valence-corrected chi connectivity index (χ3v) is 1.65. The van der Waals surface area contributed by atoms with Crippen LogP contribution in [0.4, 0.5) is 8.78 Å². The highest BCUT2D eigenvalue weighted by atomic mass is 19.1. The van der Waals surface area contributed by atoms with Crippen molar-refractivity contribution in [3.05, 3.63) is 0 Å². The summed E-state index contributed by atoms with van der Waals surface area (Å²) < 4.78 is 29.5. The molecule has 0 aliphatic heterocycles. The quantitative estimate of drug-likeness (QED) is 0.588. The lowest BCUT2D eigenvalue weighted by atomic mass is 10.0. The molecule has 0 amide bonds. The number of ether oxygens (including phenoxy) is 1. The van der Waals surface area contributed by atoms with Gasteiger partial charge in [0, 0.05) is 13.0 Å².